The van der Waals surface area contributed by atoms with Gasteiger partial charge in [0.15, 0.2) is 0 Å². The van der Waals surface area contributed by atoms with Crippen molar-refractivity contribution in [1.82, 2.24) is 19.9 Å². The average Bonchev–Trinajstić information content (AvgIpc) is 3.74. The van der Waals surface area contributed by atoms with Crippen molar-refractivity contribution in [2.24, 2.45) is 0 Å². The topological polar surface area (TPSA) is 110 Å². The molecule has 2 N–H and O–H groups in total. The van der Waals surface area contributed by atoms with E-state index in [9.17, 15) is 13.4 Å². The number of carbonyl (C=O) groups excluding carboxylic acids is 1. The minimum Gasteiger partial charge on any atom is -0.323 e. The molecule has 0 spiro atoms. The SMILES string of the molecule is CCC(C(=O)Nc1ccc(-c2cncc(C3CC3)n2)cc1F)c1ccnc(NS(=O)C2CC2)n1. The summed E-state index contributed by atoms with van der Waals surface area (Å²) in [5.41, 5.74) is 2.71. The van der Waals surface area contributed by atoms with Crippen LogP contribution in [-0.4, -0.2) is 35.3 Å². The van der Waals surface area contributed by atoms with Gasteiger partial charge < -0.3 is 5.32 Å². The lowest BCUT2D eigenvalue weighted by molar-refractivity contribution is -0.117. The molecule has 2 unspecified atom stereocenters. The predicted molar refractivity (Wildman–Crippen MR) is 128 cm³/mol. The van der Waals surface area contributed by atoms with Gasteiger partial charge in [0.25, 0.3) is 0 Å². The van der Waals surface area contributed by atoms with Crippen LogP contribution in [0.15, 0.2) is 42.9 Å². The molecular formula is C24H25FN6O2S. The van der Waals surface area contributed by atoms with Crippen LogP contribution < -0.4 is 10.0 Å². The minimum atomic E-state index is -1.23. The first-order valence-electron chi connectivity index (χ1n) is 11.4. The Morgan fingerprint density at radius 3 is 2.71 bits per heavy atom. The largest absolute Gasteiger partial charge is 0.323 e. The van der Waals surface area contributed by atoms with Crippen LogP contribution in [0.4, 0.5) is 16.0 Å². The van der Waals surface area contributed by atoms with Gasteiger partial charge in [-0.25, -0.2) is 23.6 Å². The molecule has 0 radical (unpaired) electrons. The van der Waals surface area contributed by atoms with E-state index in [4.69, 9.17) is 0 Å². The van der Waals surface area contributed by atoms with E-state index in [1.54, 1.807) is 24.5 Å². The van der Waals surface area contributed by atoms with Crippen LogP contribution in [0, 0.1) is 5.82 Å². The van der Waals surface area contributed by atoms with Gasteiger partial charge >= 0.3 is 0 Å². The second kappa shape index (κ2) is 9.54. The predicted octanol–water partition coefficient (Wildman–Crippen LogP) is 4.32. The highest BCUT2D eigenvalue weighted by atomic mass is 32.2. The molecule has 2 fully saturated rings. The second-order valence-corrected chi connectivity index (χ2v) is 10.1. The quantitative estimate of drug-likeness (QED) is 0.472. The molecule has 0 saturated heterocycles. The summed E-state index contributed by atoms with van der Waals surface area (Å²) in [6.07, 6.45) is 9.41. The summed E-state index contributed by atoms with van der Waals surface area (Å²) >= 11 is 0. The summed E-state index contributed by atoms with van der Waals surface area (Å²) in [4.78, 5) is 30.3. The first-order valence-corrected chi connectivity index (χ1v) is 12.7. The number of nitrogens with zero attached hydrogens (tertiary/aromatic N) is 4. The second-order valence-electron chi connectivity index (χ2n) is 8.65. The van der Waals surface area contributed by atoms with Crippen molar-refractivity contribution >= 4 is 28.5 Å². The van der Waals surface area contributed by atoms with Gasteiger partial charge in [-0.05, 0) is 50.3 Å². The summed E-state index contributed by atoms with van der Waals surface area (Å²) < 4.78 is 29.8. The number of aromatic nitrogens is 4. The number of amides is 1. The monoisotopic (exact) mass is 480 g/mol. The Balaban J connectivity index is 1.30. The number of carbonyl (C=O) groups is 1. The van der Waals surface area contributed by atoms with Gasteiger partial charge in [-0.1, -0.05) is 13.0 Å². The van der Waals surface area contributed by atoms with E-state index in [0.717, 1.165) is 31.4 Å². The molecule has 1 aromatic carbocycles. The molecule has 2 aliphatic rings. The Morgan fingerprint density at radius 1 is 1.18 bits per heavy atom. The maximum absolute atomic E-state index is 14.9. The summed E-state index contributed by atoms with van der Waals surface area (Å²) in [5.74, 6) is -0.869. The Hall–Kier alpha value is -3.27. The zero-order valence-electron chi connectivity index (χ0n) is 18.7. The van der Waals surface area contributed by atoms with E-state index < -0.39 is 22.7 Å². The van der Waals surface area contributed by atoms with Crippen molar-refractivity contribution < 1.29 is 13.4 Å². The van der Waals surface area contributed by atoms with Crippen LogP contribution in [0.25, 0.3) is 11.3 Å². The molecular weight excluding hydrogens is 455 g/mol. The van der Waals surface area contributed by atoms with Gasteiger partial charge in [-0.15, -0.1) is 0 Å². The first-order chi connectivity index (χ1) is 16.5. The molecule has 8 nitrogen and oxygen atoms in total. The van der Waals surface area contributed by atoms with Crippen LogP contribution in [0.5, 0.6) is 0 Å². The highest BCUT2D eigenvalue weighted by molar-refractivity contribution is 7.87. The third-order valence-electron chi connectivity index (χ3n) is 5.95. The van der Waals surface area contributed by atoms with Gasteiger partial charge in [0.2, 0.25) is 11.9 Å². The van der Waals surface area contributed by atoms with Crippen LogP contribution in [0.2, 0.25) is 0 Å². The van der Waals surface area contributed by atoms with Crippen molar-refractivity contribution in [2.45, 2.75) is 56.1 Å². The van der Waals surface area contributed by atoms with E-state index >= 15 is 0 Å². The highest BCUT2D eigenvalue weighted by Crippen LogP contribution is 2.39. The van der Waals surface area contributed by atoms with Gasteiger partial charge in [0, 0.05) is 23.9 Å². The molecule has 34 heavy (non-hydrogen) atoms. The van der Waals surface area contributed by atoms with Gasteiger partial charge in [0.05, 0.1) is 40.1 Å². The Labute approximate surface area is 199 Å². The first kappa shape index (κ1) is 22.5. The highest BCUT2D eigenvalue weighted by Gasteiger charge is 2.29. The molecule has 0 bridgehead atoms. The zero-order valence-corrected chi connectivity index (χ0v) is 19.5. The third kappa shape index (κ3) is 5.11. The number of halogens is 1. The molecule has 1 amide bonds. The molecule has 2 aromatic heterocycles. The molecule has 2 saturated carbocycles. The Bertz CT molecular complexity index is 1250. The van der Waals surface area contributed by atoms with Crippen molar-refractivity contribution in [3.63, 3.8) is 0 Å². The number of hydrogen-bond acceptors (Lipinski definition) is 6. The number of benzene rings is 1. The number of anilines is 2. The molecule has 2 atom stereocenters. The lowest BCUT2D eigenvalue weighted by atomic mass is 10.0. The van der Waals surface area contributed by atoms with Crippen molar-refractivity contribution in [1.29, 1.82) is 0 Å². The van der Waals surface area contributed by atoms with Gasteiger partial charge in [-0.3, -0.25) is 14.5 Å². The Kier molecular flexibility index (Phi) is 6.32. The molecule has 0 aliphatic heterocycles. The molecule has 10 heteroatoms. The summed E-state index contributed by atoms with van der Waals surface area (Å²) in [5, 5.41) is 2.81. The molecule has 5 rings (SSSR count). The maximum atomic E-state index is 14.9. The normalized spacial score (nSPS) is 17.1. The average molecular weight is 481 g/mol. The standard InChI is InChI=1S/C24H25FN6O2S/c1-2-17(19-9-10-27-24(30-19)31-34(33)16-6-7-16)23(32)29-20-8-5-15(11-18(20)25)22-13-26-12-21(28-22)14-3-4-14/h5,8-14,16-17H,2-4,6-7H2,1H3,(H,29,32)(H,27,30,31). The van der Waals surface area contributed by atoms with Crippen LogP contribution in [-0.2, 0) is 15.8 Å². The maximum Gasteiger partial charge on any atom is 0.234 e. The van der Waals surface area contributed by atoms with Crippen LogP contribution >= 0.6 is 0 Å². The lowest BCUT2D eigenvalue weighted by Crippen LogP contribution is -2.23. The third-order valence-corrected chi connectivity index (χ3v) is 7.41. The van der Waals surface area contributed by atoms with E-state index in [2.05, 4.69) is 30.0 Å². The van der Waals surface area contributed by atoms with E-state index in [1.165, 1.54) is 18.3 Å². The van der Waals surface area contributed by atoms with Crippen LogP contribution in [0.1, 0.15) is 62.3 Å². The van der Waals surface area contributed by atoms with Crippen molar-refractivity contribution in [3.8, 4) is 11.3 Å². The van der Waals surface area contributed by atoms with Gasteiger partial charge in [-0.2, -0.15) is 0 Å². The van der Waals surface area contributed by atoms with E-state index in [-0.39, 0.29) is 22.8 Å². The summed E-state index contributed by atoms with van der Waals surface area (Å²) in [7, 11) is -1.23. The minimum absolute atomic E-state index is 0.0840. The Morgan fingerprint density at radius 2 is 2.00 bits per heavy atom. The van der Waals surface area contributed by atoms with Gasteiger partial charge in [0.1, 0.15) is 16.8 Å². The fourth-order valence-corrected chi connectivity index (χ4v) is 4.70. The van der Waals surface area contributed by atoms with Crippen LogP contribution in [0.3, 0.4) is 0 Å². The molecule has 3 aromatic rings. The lowest BCUT2D eigenvalue weighted by Gasteiger charge is -2.16. The van der Waals surface area contributed by atoms with E-state index in [0.29, 0.717) is 29.3 Å². The molecule has 2 aliphatic carbocycles. The molecule has 176 valence electrons. The summed E-state index contributed by atoms with van der Waals surface area (Å²) in [6, 6.07) is 6.26. The number of nitrogens with one attached hydrogen (secondary N) is 2. The molecule has 2 heterocycles. The smallest absolute Gasteiger partial charge is 0.234 e. The number of hydrogen-bond donors (Lipinski definition) is 2. The fourth-order valence-electron chi connectivity index (χ4n) is 3.69. The number of rotatable bonds is 9. The van der Waals surface area contributed by atoms with Crippen molar-refractivity contribution in [3.05, 3.63) is 60.1 Å². The summed E-state index contributed by atoms with van der Waals surface area (Å²) in [6.45, 7) is 1.85. The zero-order chi connectivity index (χ0) is 23.7. The van der Waals surface area contributed by atoms with E-state index in [1.807, 2.05) is 6.92 Å². The fraction of sp³-hybridized carbons (Fsp3) is 0.375. The van der Waals surface area contributed by atoms with Crippen molar-refractivity contribution in [2.75, 3.05) is 10.0 Å².